The van der Waals surface area contributed by atoms with E-state index in [4.69, 9.17) is 0 Å². The first-order valence-corrected chi connectivity index (χ1v) is 3.15. The van der Waals surface area contributed by atoms with Crippen molar-refractivity contribution in [2.75, 3.05) is 0 Å². The highest BCUT2D eigenvalue weighted by molar-refractivity contribution is 5.39. The summed E-state index contributed by atoms with van der Waals surface area (Å²) in [4.78, 5) is 0. The summed E-state index contributed by atoms with van der Waals surface area (Å²) in [5, 5.41) is 4.10. The second-order valence-electron chi connectivity index (χ2n) is 2.30. The van der Waals surface area contributed by atoms with Crippen LogP contribution in [-0.2, 0) is 7.05 Å². The molecule has 0 aliphatic heterocycles. The lowest BCUT2D eigenvalue weighted by atomic mass is 10.5. The fraction of sp³-hybridized carbons (Fsp3) is 0.143. The zero-order valence-corrected chi connectivity index (χ0v) is 5.73. The van der Waals surface area contributed by atoms with Crippen molar-refractivity contribution in [2.24, 2.45) is 7.05 Å². The van der Waals surface area contributed by atoms with Crippen molar-refractivity contribution >= 4 is 5.52 Å². The van der Waals surface area contributed by atoms with Crippen molar-refractivity contribution in [1.29, 1.82) is 0 Å². The van der Waals surface area contributed by atoms with E-state index in [9.17, 15) is 0 Å². The minimum Gasteiger partial charge on any atom is -0.237 e. The first kappa shape index (κ1) is 5.41. The second-order valence-corrected chi connectivity index (χ2v) is 2.30. The van der Waals surface area contributed by atoms with E-state index in [1.54, 1.807) is 6.20 Å². The number of aromatic nitrogens is 3. The molecule has 0 saturated carbocycles. The molecular weight excluding hydrogens is 126 g/mol. The molecule has 3 heteroatoms. The van der Waals surface area contributed by atoms with Gasteiger partial charge in [-0.25, -0.2) is 4.57 Å². The van der Waals surface area contributed by atoms with Crippen LogP contribution in [0, 0.1) is 0 Å². The van der Waals surface area contributed by atoms with Crippen molar-refractivity contribution in [3.05, 3.63) is 30.9 Å². The van der Waals surface area contributed by atoms with Gasteiger partial charge in [-0.05, 0) is 12.1 Å². The van der Waals surface area contributed by atoms with Gasteiger partial charge in [0.2, 0.25) is 0 Å². The molecule has 0 spiro atoms. The largest absolute Gasteiger partial charge is 0.270 e. The quantitative estimate of drug-likeness (QED) is 0.470. The van der Waals surface area contributed by atoms with E-state index in [-0.39, 0.29) is 0 Å². The smallest absolute Gasteiger partial charge is 0.237 e. The van der Waals surface area contributed by atoms with Crippen LogP contribution in [0.4, 0.5) is 0 Å². The molecule has 0 aliphatic rings. The molecule has 0 saturated heterocycles. The van der Waals surface area contributed by atoms with Gasteiger partial charge < -0.3 is 0 Å². The van der Waals surface area contributed by atoms with Gasteiger partial charge >= 0.3 is 0 Å². The van der Waals surface area contributed by atoms with Crippen molar-refractivity contribution in [1.82, 2.24) is 9.61 Å². The minimum atomic E-state index is 1.12. The zero-order valence-electron chi connectivity index (χ0n) is 5.73. The molecule has 0 atom stereocenters. The van der Waals surface area contributed by atoms with E-state index in [0.29, 0.717) is 0 Å². The Morgan fingerprint density at radius 2 is 2.50 bits per heavy atom. The minimum absolute atomic E-state index is 1.12. The summed E-state index contributed by atoms with van der Waals surface area (Å²) >= 11 is 0. The highest BCUT2D eigenvalue weighted by Crippen LogP contribution is 1.93. The molecule has 50 valence electrons. The van der Waals surface area contributed by atoms with Crippen LogP contribution in [-0.4, -0.2) is 9.61 Å². The molecule has 0 N–H and O–H groups in total. The third-order valence-corrected chi connectivity index (χ3v) is 1.44. The fourth-order valence-electron chi connectivity index (χ4n) is 1.01. The van der Waals surface area contributed by atoms with Crippen molar-refractivity contribution < 1.29 is 4.57 Å². The average molecular weight is 134 g/mol. The molecule has 2 rings (SSSR count). The molecule has 0 radical (unpaired) electrons. The predicted molar refractivity (Wildman–Crippen MR) is 36.4 cm³/mol. The Hall–Kier alpha value is -1.38. The maximum absolute atomic E-state index is 4.10. The molecule has 0 amide bonds. The van der Waals surface area contributed by atoms with E-state index >= 15 is 0 Å². The number of imidazole rings is 1. The number of fused-ring (bicyclic) bond motifs is 1. The lowest BCUT2D eigenvalue weighted by molar-refractivity contribution is -0.670. The Bertz CT molecular complexity index is 317. The molecule has 0 fully saturated rings. The molecule has 0 bridgehead atoms. The van der Waals surface area contributed by atoms with Crippen LogP contribution in [0.15, 0.2) is 30.9 Å². The summed E-state index contributed by atoms with van der Waals surface area (Å²) in [6.45, 7) is 0. The third kappa shape index (κ3) is 0.673. The monoisotopic (exact) mass is 134 g/mol. The summed E-state index contributed by atoms with van der Waals surface area (Å²) in [5.41, 5.74) is 1.12. The number of hydrogen-bond donors (Lipinski definition) is 0. The van der Waals surface area contributed by atoms with E-state index in [2.05, 4.69) is 5.10 Å². The lowest BCUT2D eigenvalue weighted by Crippen LogP contribution is -2.23. The summed E-state index contributed by atoms with van der Waals surface area (Å²) in [6.07, 6.45) is 5.72. The number of nitrogens with zero attached hydrogens (tertiary/aromatic N) is 3. The van der Waals surface area contributed by atoms with Crippen LogP contribution in [0.1, 0.15) is 0 Å². The van der Waals surface area contributed by atoms with Crippen LogP contribution in [0.3, 0.4) is 0 Å². The number of aryl methyl sites for hydroxylation is 1. The van der Waals surface area contributed by atoms with Crippen LogP contribution >= 0.6 is 0 Å². The van der Waals surface area contributed by atoms with Crippen LogP contribution in [0.25, 0.3) is 5.52 Å². The maximum atomic E-state index is 4.10. The summed E-state index contributed by atoms with van der Waals surface area (Å²) < 4.78 is 3.81. The van der Waals surface area contributed by atoms with Crippen LogP contribution in [0.2, 0.25) is 0 Å². The van der Waals surface area contributed by atoms with E-state index in [1.807, 2.05) is 40.8 Å². The van der Waals surface area contributed by atoms with Crippen molar-refractivity contribution in [2.45, 2.75) is 0 Å². The van der Waals surface area contributed by atoms with E-state index < -0.39 is 0 Å². The van der Waals surface area contributed by atoms with Crippen molar-refractivity contribution in [3.8, 4) is 0 Å². The van der Waals surface area contributed by atoms with Gasteiger partial charge in [-0.2, -0.15) is 0 Å². The van der Waals surface area contributed by atoms with Crippen molar-refractivity contribution in [3.63, 3.8) is 0 Å². The van der Waals surface area contributed by atoms with Gasteiger partial charge in [0, 0.05) is 0 Å². The van der Waals surface area contributed by atoms with Gasteiger partial charge in [0.15, 0.2) is 5.52 Å². The Morgan fingerprint density at radius 1 is 1.60 bits per heavy atom. The van der Waals surface area contributed by atoms with Gasteiger partial charge in [-0.15, -0.1) is 4.52 Å². The third-order valence-electron chi connectivity index (χ3n) is 1.44. The lowest BCUT2D eigenvalue weighted by Gasteiger charge is -1.77. The summed E-state index contributed by atoms with van der Waals surface area (Å²) in [7, 11) is 1.98. The molecule has 10 heavy (non-hydrogen) atoms. The Labute approximate surface area is 58.5 Å². The van der Waals surface area contributed by atoms with Gasteiger partial charge in [-0.3, -0.25) is 0 Å². The highest BCUT2D eigenvalue weighted by atomic mass is 15.3. The molecular formula is C7H8N3+. The summed E-state index contributed by atoms with van der Waals surface area (Å²) in [6, 6.07) is 3.95. The topological polar surface area (TPSA) is 21.2 Å². The molecule has 0 aromatic carbocycles. The first-order chi connectivity index (χ1) is 4.86. The molecule has 2 heterocycles. The molecule has 0 unspecified atom stereocenters. The highest BCUT2D eigenvalue weighted by Gasteiger charge is 2.00. The van der Waals surface area contributed by atoms with Gasteiger partial charge in [0.05, 0.1) is 13.2 Å². The number of hydrogen-bond acceptors (Lipinski definition) is 1. The molecule has 0 aliphatic carbocycles. The standard InChI is InChI=1S/C7H8N3/c1-9-5-7-3-2-4-8-10(7)6-9/h2-6H,1H3/q+1. The maximum Gasteiger partial charge on any atom is 0.270 e. The normalized spacial score (nSPS) is 10.5. The molecule has 2 aromatic heterocycles. The molecule has 2 aromatic rings. The zero-order chi connectivity index (χ0) is 6.97. The van der Waals surface area contributed by atoms with Gasteiger partial charge in [0.25, 0.3) is 6.33 Å². The van der Waals surface area contributed by atoms with Crippen LogP contribution < -0.4 is 4.57 Å². The van der Waals surface area contributed by atoms with E-state index in [1.165, 1.54) is 0 Å². The average Bonchev–Trinajstić information content (AvgIpc) is 2.27. The first-order valence-electron chi connectivity index (χ1n) is 3.15. The predicted octanol–water partition coefficient (Wildman–Crippen LogP) is 0.159. The van der Waals surface area contributed by atoms with Gasteiger partial charge in [-0.1, -0.05) is 5.10 Å². The molecule has 3 nitrogen and oxygen atoms in total. The second kappa shape index (κ2) is 1.80. The van der Waals surface area contributed by atoms with E-state index in [0.717, 1.165) is 5.52 Å². The Kier molecular flexibility index (Phi) is 0.974. The SMILES string of the molecule is C[n+]1cc2cccnn2c1. The summed E-state index contributed by atoms with van der Waals surface area (Å²) in [5.74, 6) is 0. The Balaban J connectivity index is 2.88. The van der Waals surface area contributed by atoms with Gasteiger partial charge in [0.1, 0.15) is 6.20 Å². The number of rotatable bonds is 0. The van der Waals surface area contributed by atoms with Crippen LogP contribution in [0.5, 0.6) is 0 Å². The Morgan fingerprint density at radius 3 is 3.30 bits per heavy atom. The fourth-order valence-corrected chi connectivity index (χ4v) is 1.01.